The zero-order valence-electron chi connectivity index (χ0n) is 18.2. The van der Waals surface area contributed by atoms with E-state index < -0.39 is 40.5 Å². The summed E-state index contributed by atoms with van der Waals surface area (Å²) < 4.78 is 38.5. The molecule has 11 nitrogen and oxygen atoms in total. The first-order chi connectivity index (χ1) is 16.7. The molecule has 0 aliphatic carbocycles. The fourth-order valence-electron chi connectivity index (χ4n) is 3.14. The lowest BCUT2D eigenvalue weighted by Gasteiger charge is -2.20. The molecule has 1 aromatic heterocycles. The predicted octanol–water partition coefficient (Wildman–Crippen LogP) is 2.17. The number of hydrogen-bond donors (Lipinski definition) is 4. The fourth-order valence-corrected chi connectivity index (χ4v) is 4.38. The van der Waals surface area contributed by atoms with Gasteiger partial charge < -0.3 is 24.7 Å². The number of carbonyl (C=O) groups is 3. The second-order valence-corrected chi connectivity index (χ2v) is 9.00. The van der Waals surface area contributed by atoms with Crippen molar-refractivity contribution < 1.29 is 42.2 Å². The van der Waals surface area contributed by atoms with Crippen molar-refractivity contribution in [2.75, 3.05) is 6.61 Å². The highest BCUT2D eigenvalue weighted by Crippen LogP contribution is 2.27. The molecular formula is C23H22N2O9S. The summed E-state index contributed by atoms with van der Waals surface area (Å²) in [7, 11) is -4.08. The van der Waals surface area contributed by atoms with Gasteiger partial charge in [-0.2, -0.15) is 0 Å². The van der Waals surface area contributed by atoms with E-state index in [0.29, 0.717) is 5.76 Å². The molecule has 12 heteroatoms. The molecule has 184 valence electrons. The summed E-state index contributed by atoms with van der Waals surface area (Å²) in [6.45, 7) is -0.689. The third-order valence-corrected chi connectivity index (χ3v) is 6.26. The summed E-state index contributed by atoms with van der Waals surface area (Å²) in [6.07, 6.45) is 1.08. The van der Waals surface area contributed by atoms with Gasteiger partial charge in [-0.05, 0) is 42.0 Å². The number of carboxylic acids is 2. The quantitative estimate of drug-likeness (QED) is 0.289. The highest BCUT2D eigenvalue weighted by molar-refractivity contribution is 7.89. The van der Waals surface area contributed by atoms with Crippen molar-refractivity contribution in [3.05, 3.63) is 83.8 Å². The monoisotopic (exact) mass is 502 g/mol. The van der Waals surface area contributed by atoms with E-state index in [1.807, 2.05) is 0 Å². The second kappa shape index (κ2) is 11.3. The Kier molecular flexibility index (Phi) is 8.23. The van der Waals surface area contributed by atoms with Crippen molar-refractivity contribution in [2.45, 2.75) is 23.9 Å². The van der Waals surface area contributed by atoms with Crippen LogP contribution in [-0.2, 0) is 26.2 Å². The molecule has 3 aromatic rings. The van der Waals surface area contributed by atoms with Crippen molar-refractivity contribution in [1.82, 2.24) is 10.0 Å². The highest BCUT2D eigenvalue weighted by Gasteiger charge is 2.26. The third kappa shape index (κ3) is 7.16. The minimum Gasteiger partial charge on any atom is -0.481 e. The third-order valence-electron chi connectivity index (χ3n) is 4.77. The van der Waals surface area contributed by atoms with Crippen LogP contribution in [0.1, 0.15) is 34.1 Å². The Morgan fingerprint density at radius 2 is 1.74 bits per heavy atom. The molecule has 0 saturated heterocycles. The smallest absolute Gasteiger partial charge is 0.341 e. The lowest BCUT2D eigenvalue weighted by molar-refractivity contribution is -0.139. The van der Waals surface area contributed by atoms with E-state index in [4.69, 9.17) is 14.3 Å². The van der Waals surface area contributed by atoms with E-state index in [1.54, 1.807) is 18.2 Å². The topological polar surface area (TPSA) is 172 Å². The molecule has 0 fully saturated rings. The summed E-state index contributed by atoms with van der Waals surface area (Å²) in [5.41, 5.74) is -0.221. The number of furan rings is 1. The van der Waals surface area contributed by atoms with Crippen LogP contribution < -0.4 is 14.8 Å². The van der Waals surface area contributed by atoms with Gasteiger partial charge in [0.1, 0.15) is 17.1 Å². The number of ether oxygens (including phenoxy) is 1. The van der Waals surface area contributed by atoms with E-state index in [2.05, 4.69) is 10.0 Å². The van der Waals surface area contributed by atoms with Gasteiger partial charge in [0.2, 0.25) is 15.9 Å². The van der Waals surface area contributed by atoms with E-state index in [0.717, 1.165) is 6.07 Å². The van der Waals surface area contributed by atoms with Gasteiger partial charge in [-0.25, -0.2) is 22.7 Å². The zero-order valence-corrected chi connectivity index (χ0v) is 19.0. The number of amides is 1. The molecule has 0 aliphatic heterocycles. The first kappa shape index (κ1) is 25.5. The van der Waals surface area contributed by atoms with Crippen LogP contribution in [0.4, 0.5) is 0 Å². The van der Waals surface area contributed by atoms with Gasteiger partial charge in [0, 0.05) is 6.42 Å². The Bertz CT molecular complexity index is 1290. The number of rotatable bonds is 12. The molecule has 1 amide bonds. The maximum Gasteiger partial charge on any atom is 0.341 e. The van der Waals surface area contributed by atoms with E-state index in [1.165, 1.54) is 42.7 Å². The molecule has 1 heterocycles. The molecule has 0 radical (unpaired) electrons. The Hall–Kier alpha value is -4.16. The number of aliphatic carboxylic acids is 1. The molecule has 3 rings (SSSR count). The first-order valence-corrected chi connectivity index (χ1v) is 11.7. The van der Waals surface area contributed by atoms with Gasteiger partial charge in [0.15, 0.2) is 6.61 Å². The molecule has 1 unspecified atom stereocenters. The molecule has 35 heavy (non-hydrogen) atoms. The number of carboxylic acid groups (broad SMARTS) is 2. The Balaban J connectivity index is 1.90. The Labute approximate surface area is 200 Å². The maximum absolute atomic E-state index is 12.9. The van der Waals surface area contributed by atoms with Crippen molar-refractivity contribution in [1.29, 1.82) is 0 Å². The van der Waals surface area contributed by atoms with Crippen molar-refractivity contribution in [3.8, 4) is 5.75 Å². The number of carbonyl (C=O) groups excluding carboxylic acids is 1. The molecule has 2 aromatic carbocycles. The van der Waals surface area contributed by atoms with Crippen LogP contribution in [0.3, 0.4) is 0 Å². The number of sulfonamides is 1. The molecular weight excluding hydrogens is 480 g/mol. The van der Waals surface area contributed by atoms with E-state index >= 15 is 0 Å². The summed E-state index contributed by atoms with van der Waals surface area (Å²) in [5.74, 6) is -2.96. The van der Waals surface area contributed by atoms with Crippen molar-refractivity contribution in [3.63, 3.8) is 0 Å². The molecule has 0 aliphatic rings. The largest absolute Gasteiger partial charge is 0.481 e. The van der Waals surface area contributed by atoms with Crippen LogP contribution in [0.5, 0.6) is 5.75 Å². The minimum atomic E-state index is -4.08. The van der Waals surface area contributed by atoms with Crippen LogP contribution >= 0.6 is 0 Å². The first-order valence-electron chi connectivity index (χ1n) is 10.2. The molecule has 0 spiro atoms. The zero-order chi connectivity index (χ0) is 25.4. The average molecular weight is 503 g/mol. The van der Waals surface area contributed by atoms with E-state index in [-0.39, 0.29) is 34.7 Å². The molecule has 1 atom stereocenters. The SMILES string of the molecule is O=C(O)COc1ccc(C(CC(=O)NCc2ccco2)NS(=O)(=O)c2ccccc2)cc1C(=O)O. The average Bonchev–Trinajstić information content (AvgIpc) is 3.35. The maximum atomic E-state index is 12.9. The van der Waals surface area contributed by atoms with Crippen LogP contribution in [-0.4, -0.2) is 43.1 Å². The summed E-state index contributed by atoms with van der Waals surface area (Å²) >= 11 is 0. The summed E-state index contributed by atoms with van der Waals surface area (Å²) in [4.78, 5) is 35.1. The normalized spacial score (nSPS) is 12.0. The molecule has 0 saturated carbocycles. The molecule has 4 N–H and O–H groups in total. The second-order valence-electron chi connectivity index (χ2n) is 7.29. The summed E-state index contributed by atoms with van der Waals surface area (Å²) in [6, 6.07) is 13.4. The van der Waals surface area contributed by atoms with Gasteiger partial charge >= 0.3 is 11.9 Å². The van der Waals surface area contributed by atoms with Gasteiger partial charge in [0.05, 0.1) is 23.7 Å². The van der Waals surface area contributed by atoms with Crippen LogP contribution in [0, 0.1) is 0 Å². The number of hydrogen-bond acceptors (Lipinski definition) is 7. The minimum absolute atomic E-state index is 0.0409. The van der Waals surface area contributed by atoms with Crippen LogP contribution in [0.15, 0.2) is 76.2 Å². The van der Waals surface area contributed by atoms with Crippen molar-refractivity contribution in [2.24, 2.45) is 0 Å². The highest BCUT2D eigenvalue weighted by atomic mass is 32.2. The summed E-state index contributed by atoms with van der Waals surface area (Å²) in [5, 5.41) is 21.0. The van der Waals surface area contributed by atoms with Crippen LogP contribution in [0.25, 0.3) is 0 Å². The van der Waals surface area contributed by atoms with Gasteiger partial charge in [-0.3, -0.25) is 4.79 Å². The van der Waals surface area contributed by atoms with Gasteiger partial charge in [0.25, 0.3) is 0 Å². The Morgan fingerprint density at radius 3 is 2.37 bits per heavy atom. The fraction of sp³-hybridized carbons (Fsp3) is 0.174. The Morgan fingerprint density at radius 1 is 1.00 bits per heavy atom. The number of benzene rings is 2. The van der Waals surface area contributed by atoms with Crippen molar-refractivity contribution >= 4 is 27.9 Å². The lowest BCUT2D eigenvalue weighted by Crippen LogP contribution is -2.33. The van der Waals surface area contributed by atoms with E-state index in [9.17, 15) is 27.9 Å². The number of aromatic carboxylic acids is 1. The number of nitrogens with one attached hydrogen (secondary N) is 2. The molecule has 0 bridgehead atoms. The van der Waals surface area contributed by atoms with Crippen LogP contribution in [0.2, 0.25) is 0 Å². The lowest BCUT2D eigenvalue weighted by atomic mass is 10.0. The van der Waals surface area contributed by atoms with Gasteiger partial charge in [-0.15, -0.1) is 0 Å². The standard InChI is InChI=1S/C23H22N2O9S/c26-21(24-13-16-5-4-10-33-16)12-19(25-35(31,32)17-6-2-1-3-7-17)15-8-9-20(34-14-22(27)28)18(11-15)23(29)30/h1-11,19,25H,12-14H2,(H,24,26)(H,27,28)(H,29,30). The van der Waals surface area contributed by atoms with Gasteiger partial charge in [-0.1, -0.05) is 24.3 Å². The predicted molar refractivity (Wildman–Crippen MR) is 121 cm³/mol.